The van der Waals surface area contributed by atoms with Crippen molar-refractivity contribution in [3.05, 3.63) is 0 Å². The van der Waals surface area contributed by atoms with E-state index in [-0.39, 0.29) is 6.10 Å². The van der Waals surface area contributed by atoms with Crippen LogP contribution in [0.15, 0.2) is 0 Å². The predicted octanol–water partition coefficient (Wildman–Crippen LogP) is 2.23. The van der Waals surface area contributed by atoms with Crippen molar-refractivity contribution in [2.45, 2.75) is 59.0 Å². The molecule has 1 N–H and O–H groups in total. The van der Waals surface area contributed by atoms with Crippen LogP contribution in [-0.4, -0.2) is 41.5 Å². The van der Waals surface area contributed by atoms with Gasteiger partial charge in [0.05, 0.1) is 6.10 Å². The monoisotopic (exact) mass is 229 g/mol. The summed E-state index contributed by atoms with van der Waals surface area (Å²) in [5.74, 6) is 0.329. The van der Waals surface area contributed by atoms with Gasteiger partial charge in [0.15, 0.2) is 0 Å². The Morgan fingerprint density at radius 2 is 1.81 bits per heavy atom. The van der Waals surface area contributed by atoms with Crippen LogP contribution in [-0.2, 0) is 4.79 Å². The lowest BCUT2D eigenvalue weighted by Gasteiger charge is -2.17. The van der Waals surface area contributed by atoms with Gasteiger partial charge in [-0.15, -0.1) is 0 Å². The van der Waals surface area contributed by atoms with E-state index in [0.717, 1.165) is 38.9 Å². The molecule has 0 rings (SSSR count). The number of rotatable bonds is 10. The highest BCUT2D eigenvalue weighted by Crippen LogP contribution is 2.06. The van der Waals surface area contributed by atoms with Crippen LogP contribution < -0.4 is 0 Å². The highest BCUT2D eigenvalue weighted by atomic mass is 16.3. The zero-order valence-corrected chi connectivity index (χ0v) is 11.0. The summed E-state index contributed by atoms with van der Waals surface area (Å²) in [5, 5.41) is 9.35. The largest absolute Gasteiger partial charge is 0.393 e. The summed E-state index contributed by atoms with van der Waals surface area (Å²) in [6.07, 6.45) is 3.42. The van der Waals surface area contributed by atoms with E-state index >= 15 is 0 Å². The summed E-state index contributed by atoms with van der Waals surface area (Å²) >= 11 is 0. The fourth-order valence-electron chi connectivity index (χ4n) is 1.69. The molecule has 96 valence electrons. The van der Waals surface area contributed by atoms with Crippen molar-refractivity contribution in [1.29, 1.82) is 0 Å². The van der Waals surface area contributed by atoms with Crippen molar-refractivity contribution in [2.75, 3.05) is 19.6 Å². The van der Waals surface area contributed by atoms with Crippen LogP contribution in [0.25, 0.3) is 0 Å². The van der Waals surface area contributed by atoms with Gasteiger partial charge in [-0.3, -0.25) is 4.79 Å². The fourth-order valence-corrected chi connectivity index (χ4v) is 1.69. The first-order valence-corrected chi connectivity index (χ1v) is 6.56. The molecule has 0 fully saturated rings. The van der Waals surface area contributed by atoms with Crippen LogP contribution in [0.5, 0.6) is 0 Å². The van der Waals surface area contributed by atoms with E-state index in [9.17, 15) is 9.90 Å². The van der Waals surface area contributed by atoms with Crippen LogP contribution in [0, 0.1) is 0 Å². The molecule has 0 amide bonds. The Balaban J connectivity index is 3.51. The number of carbonyl (C=O) groups excluding carboxylic acids is 1. The standard InChI is InChI=1S/C13H27NO2/c1-4-12(15)8-7-9-13(16)10-11-14(5-2)6-3/h12,15H,4-11H2,1-3H3. The summed E-state index contributed by atoms with van der Waals surface area (Å²) in [7, 11) is 0. The number of hydrogen-bond donors (Lipinski definition) is 1. The van der Waals surface area contributed by atoms with Crippen LogP contribution in [0.4, 0.5) is 0 Å². The topological polar surface area (TPSA) is 40.5 Å². The highest BCUT2D eigenvalue weighted by molar-refractivity contribution is 5.78. The highest BCUT2D eigenvalue weighted by Gasteiger charge is 2.07. The molecular weight excluding hydrogens is 202 g/mol. The van der Waals surface area contributed by atoms with Gasteiger partial charge >= 0.3 is 0 Å². The van der Waals surface area contributed by atoms with Crippen molar-refractivity contribution < 1.29 is 9.90 Å². The third-order valence-corrected chi connectivity index (χ3v) is 3.07. The summed E-state index contributed by atoms with van der Waals surface area (Å²) < 4.78 is 0. The second-order valence-electron chi connectivity index (χ2n) is 4.27. The molecule has 1 atom stereocenters. The van der Waals surface area contributed by atoms with Gasteiger partial charge < -0.3 is 10.0 Å². The van der Waals surface area contributed by atoms with Gasteiger partial charge in [-0.05, 0) is 32.4 Å². The van der Waals surface area contributed by atoms with Gasteiger partial charge in [-0.2, -0.15) is 0 Å². The fraction of sp³-hybridized carbons (Fsp3) is 0.923. The third kappa shape index (κ3) is 7.83. The maximum Gasteiger partial charge on any atom is 0.134 e. The minimum atomic E-state index is -0.226. The van der Waals surface area contributed by atoms with Gasteiger partial charge in [-0.1, -0.05) is 20.8 Å². The molecule has 1 unspecified atom stereocenters. The maximum atomic E-state index is 11.5. The smallest absolute Gasteiger partial charge is 0.134 e. The van der Waals surface area contributed by atoms with Crippen LogP contribution in [0.3, 0.4) is 0 Å². The quantitative estimate of drug-likeness (QED) is 0.624. The van der Waals surface area contributed by atoms with E-state index in [4.69, 9.17) is 0 Å². The lowest BCUT2D eigenvalue weighted by atomic mass is 10.1. The van der Waals surface area contributed by atoms with Gasteiger partial charge in [0.1, 0.15) is 5.78 Å². The van der Waals surface area contributed by atoms with Gasteiger partial charge in [0.25, 0.3) is 0 Å². The molecule has 16 heavy (non-hydrogen) atoms. The average molecular weight is 229 g/mol. The number of hydrogen-bond acceptors (Lipinski definition) is 3. The zero-order valence-electron chi connectivity index (χ0n) is 11.0. The lowest BCUT2D eigenvalue weighted by molar-refractivity contribution is -0.119. The number of ketones is 1. The van der Waals surface area contributed by atoms with E-state index in [1.54, 1.807) is 0 Å². The molecule has 0 aromatic rings. The molecule has 0 aromatic heterocycles. The normalized spacial score (nSPS) is 13.1. The molecule has 0 saturated heterocycles. The van der Waals surface area contributed by atoms with Crippen molar-refractivity contribution in [1.82, 2.24) is 4.90 Å². The molecule has 0 radical (unpaired) electrons. The number of aliphatic hydroxyl groups is 1. The van der Waals surface area contributed by atoms with E-state index < -0.39 is 0 Å². The predicted molar refractivity (Wildman–Crippen MR) is 67.6 cm³/mol. The van der Waals surface area contributed by atoms with Crippen molar-refractivity contribution >= 4 is 5.78 Å². The molecule has 0 saturated carbocycles. The van der Waals surface area contributed by atoms with E-state index in [2.05, 4.69) is 18.7 Å². The summed E-state index contributed by atoms with van der Waals surface area (Å²) in [6, 6.07) is 0. The van der Waals surface area contributed by atoms with Gasteiger partial charge in [0, 0.05) is 19.4 Å². The lowest BCUT2D eigenvalue weighted by Crippen LogP contribution is -2.25. The molecule has 3 heteroatoms. The summed E-state index contributed by atoms with van der Waals surface area (Å²) in [6.45, 7) is 9.10. The molecular formula is C13H27NO2. The molecule has 0 heterocycles. The Bertz CT molecular complexity index is 179. The van der Waals surface area contributed by atoms with Crippen LogP contribution in [0.1, 0.15) is 52.9 Å². The molecule has 3 nitrogen and oxygen atoms in total. The van der Waals surface area contributed by atoms with Crippen molar-refractivity contribution in [3.63, 3.8) is 0 Å². The first kappa shape index (κ1) is 15.6. The average Bonchev–Trinajstić information content (AvgIpc) is 2.30. The number of aliphatic hydroxyl groups excluding tert-OH is 1. The maximum absolute atomic E-state index is 11.5. The van der Waals surface area contributed by atoms with Crippen molar-refractivity contribution in [3.8, 4) is 0 Å². The Hall–Kier alpha value is -0.410. The number of nitrogens with zero attached hydrogens (tertiary/aromatic N) is 1. The third-order valence-electron chi connectivity index (χ3n) is 3.07. The molecule has 0 aliphatic carbocycles. The van der Waals surface area contributed by atoms with Gasteiger partial charge in [-0.25, -0.2) is 0 Å². The van der Waals surface area contributed by atoms with Crippen LogP contribution in [0.2, 0.25) is 0 Å². The second-order valence-corrected chi connectivity index (χ2v) is 4.27. The molecule has 0 aromatic carbocycles. The molecule has 0 bridgehead atoms. The summed E-state index contributed by atoms with van der Waals surface area (Å²) in [5.41, 5.74) is 0. The minimum Gasteiger partial charge on any atom is -0.393 e. The minimum absolute atomic E-state index is 0.226. The van der Waals surface area contributed by atoms with Crippen LogP contribution >= 0.6 is 0 Å². The van der Waals surface area contributed by atoms with E-state index in [1.807, 2.05) is 6.92 Å². The zero-order chi connectivity index (χ0) is 12.4. The first-order valence-electron chi connectivity index (χ1n) is 6.56. The number of carbonyl (C=O) groups is 1. The first-order chi connectivity index (χ1) is 7.63. The Labute approximate surface area is 99.8 Å². The second kappa shape index (κ2) is 9.79. The van der Waals surface area contributed by atoms with Crippen molar-refractivity contribution in [2.24, 2.45) is 0 Å². The Kier molecular flexibility index (Phi) is 9.54. The Morgan fingerprint density at radius 3 is 2.31 bits per heavy atom. The molecule has 0 spiro atoms. The van der Waals surface area contributed by atoms with E-state index in [1.165, 1.54) is 0 Å². The Morgan fingerprint density at radius 1 is 1.19 bits per heavy atom. The van der Waals surface area contributed by atoms with E-state index in [0.29, 0.717) is 18.6 Å². The summed E-state index contributed by atoms with van der Waals surface area (Å²) in [4.78, 5) is 13.8. The number of Topliss-reactive ketones (excluding diaryl/α,β-unsaturated/α-hetero) is 1. The molecule has 0 aliphatic heterocycles. The molecule has 0 aliphatic rings. The SMILES string of the molecule is CCC(O)CCCC(=O)CCN(CC)CC. The van der Waals surface area contributed by atoms with Gasteiger partial charge in [0.2, 0.25) is 0 Å².